The average molecular weight is 429 g/mol. The van der Waals surface area contributed by atoms with Crippen LogP contribution in [0.15, 0.2) is 47.8 Å². The number of amides is 1. The first-order valence-electron chi connectivity index (χ1n) is 8.96. The number of carbonyl (C=O) groups is 3. The van der Waals surface area contributed by atoms with Crippen LogP contribution in [0.2, 0.25) is 0 Å². The zero-order valence-corrected chi connectivity index (χ0v) is 17.6. The summed E-state index contributed by atoms with van der Waals surface area (Å²) in [6.07, 6.45) is 0.383. The largest absolute Gasteiger partial charge is 0.451 e. The van der Waals surface area contributed by atoms with Gasteiger partial charge in [-0.15, -0.1) is 22.7 Å². The van der Waals surface area contributed by atoms with Gasteiger partial charge in [0.05, 0.1) is 16.6 Å². The van der Waals surface area contributed by atoms with Crippen LogP contribution in [0.5, 0.6) is 0 Å². The maximum Gasteiger partial charge on any atom is 0.350 e. The van der Waals surface area contributed by atoms with Gasteiger partial charge < -0.3 is 10.1 Å². The zero-order chi connectivity index (χ0) is 20.8. The number of nitrogens with zero attached hydrogens (tertiary/aromatic N) is 1. The minimum absolute atomic E-state index is 0.160. The number of ketones is 1. The maximum atomic E-state index is 12.4. The first kappa shape index (κ1) is 20.9. The molecule has 2 heterocycles. The monoisotopic (exact) mass is 428 g/mol. The minimum Gasteiger partial charge on any atom is -0.451 e. The third-order valence-corrected chi connectivity index (χ3v) is 6.33. The lowest BCUT2D eigenvalue weighted by Gasteiger charge is -2.16. The van der Waals surface area contributed by atoms with E-state index in [2.05, 4.69) is 10.3 Å². The normalized spacial score (nSPS) is 11.7. The van der Waals surface area contributed by atoms with Gasteiger partial charge in [0.25, 0.3) is 5.91 Å². The number of hydrogen-bond donors (Lipinski definition) is 1. The van der Waals surface area contributed by atoms with Crippen molar-refractivity contribution < 1.29 is 19.1 Å². The van der Waals surface area contributed by atoms with E-state index in [1.54, 1.807) is 6.92 Å². The lowest BCUT2D eigenvalue weighted by Crippen LogP contribution is -2.43. The summed E-state index contributed by atoms with van der Waals surface area (Å²) in [4.78, 5) is 42.2. The van der Waals surface area contributed by atoms with Crippen LogP contribution in [0.25, 0.3) is 9.88 Å². The average Bonchev–Trinajstić information content (AvgIpc) is 3.36. The number of hydrogen-bond acceptors (Lipinski definition) is 7. The van der Waals surface area contributed by atoms with Crippen LogP contribution in [0.3, 0.4) is 0 Å². The van der Waals surface area contributed by atoms with Crippen molar-refractivity contribution in [1.29, 1.82) is 0 Å². The van der Waals surface area contributed by atoms with E-state index in [1.165, 1.54) is 29.6 Å². The lowest BCUT2D eigenvalue weighted by atomic mass is 10.0. The van der Waals surface area contributed by atoms with E-state index in [0.29, 0.717) is 17.0 Å². The van der Waals surface area contributed by atoms with Crippen LogP contribution in [-0.2, 0) is 20.7 Å². The number of aryl methyl sites for hydroxylation is 1. The number of Topliss-reactive ketones (excluding diaryl/α,β-unsaturated/α-hetero) is 1. The van der Waals surface area contributed by atoms with Gasteiger partial charge in [-0.1, -0.05) is 36.4 Å². The van der Waals surface area contributed by atoms with Crippen molar-refractivity contribution in [2.24, 2.45) is 0 Å². The first-order chi connectivity index (χ1) is 13.9. The van der Waals surface area contributed by atoms with Crippen LogP contribution in [0, 0.1) is 6.92 Å². The predicted octanol–water partition coefficient (Wildman–Crippen LogP) is 3.65. The summed E-state index contributed by atoms with van der Waals surface area (Å²) >= 11 is 2.77. The second-order valence-corrected chi connectivity index (χ2v) is 8.35. The number of carbonyl (C=O) groups excluding carboxylic acids is 3. The first-order valence-corrected chi connectivity index (χ1v) is 10.7. The second-order valence-electron chi connectivity index (χ2n) is 6.41. The Morgan fingerprint density at radius 2 is 1.90 bits per heavy atom. The summed E-state index contributed by atoms with van der Waals surface area (Å²) in [6.45, 7) is 2.70. The highest BCUT2D eigenvalue weighted by Crippen LogP contribution is 2.31. The fourth-order valence-corrected chi connectivity index (χ4v) is 4.43. The van der Waals surface area contributed by atoms with E-state index in [0.717, 1.165) is 15.4 Å². The summed E-state index contributed by atoms with van der Waals surface area (Å²) in [5.74, 6) is -1.28. The third kappa shape index (κ3) is 5.58. The molecule has 3 rings (SSSR count). The molecule has 3 aromatic rings. The molecule has 29 heavy (non-hydrogen) atoms. The highest BCUT2D eigenvalue weighted by Gasteiger charge is 2.21. The van der Waals surface area contributed by atoms with Crippen molar-refractivity contribution in [2.45, 2.75) is 26.3 Å². The van der Waals surface area contributed by atoms with Crippen LogP contribution in [0.1, 0.15) is 27.9 Å². The molecule has 6 nitrogen and oxygen atoms in total. The smallest absolute Gasteiger partial charge is 0.350 e. The SMILES string of the molecule is CC(=O)C(Cc1ccccc1)NC(=O)COC(=O)c1sc(-c2cccs2)nc1C. The number of thiophene rings is 1. The Labute approximate surface area is 176 Å². The van der Waals surface area contributed by atoms with Crippen LogP contribution < -0.4 is 5.32 Å². The molecule has 0 spiro atoms. The minimum atomic E-state index is -0.667. The molecule has 0 saturated heterocycles. The van der Waals surface area contributed by atoms with E-state index in [1.807, 2.05) is 47.8 Å². The highest BCUT2D eigenvalue weighted by molar-refractivity contribution is 7.22. The number of rotatable bonds is 8. The van der Waals surface area contributed by atoms with Crippen LogP contribution in [0.4, 0.5) is 0 Å². The van der Waals surface area contributed by atoms with Gasteiger partial charge in [0, 0.05) is 0 Å². The zero-order valence-electron chi connectivity index (χ0n) is 16.0. The van der Waals surface area contributed by atoms with Crippen molar-refractivity contribution in [1.82, 2.24) is 10.3 Å². The highest BCUT2D eigenvalue weighted by atomic mass is 32.1. The van der Waals surface area contributed by atoms with Gasteiger partial charge in [0.15, 0.2) is 12.4 Å². The fraction of sp³-hybridized carbons (Fsp3) is 0.238. The number of nitrogens with one attached hydrogen (secondary N) is 1. The molecule has 8 heteroatoms. The molecule has 150 valence electrons. The molecule has 0 aliphatic carbocycles. The molecular formula is C21H20N2O4S2. The lowest BCUT2D eigenvalue weighted by molar-refractivity contribution is -0.128. The maximum absolute atomic E-state index is 12.4. The van der Waals surface area contributed by atoms with Gasteiger partial charge in [0.1, 0.15) is 9.88 Å². The Morgan fingerprint density at radius 1 is 1.14 bits per heavy atom. The van der Waals surface area contributed by atoms with Gasteiger partial charge in [-0.2, -0.15) is 0 Å². The van der Waals surface area contributed by atoms with Gasteiger partial charge in [-0.3, -0.25) is 9.59 Å². The molecule has 0 bridgehead atoms. The number of benzene rings is 1. The Balaban J connectivity index is 1.57. The second kappa shape index (κ2) is 9.58. The summed E-state index contributed by atoms with van der Waals surface area (Å²) in [6, 6.07) is 12.6. The van der Waals surface area contributed by atoms with Gasteiger partial charge in [0.2, 0.25) is 0 Å². The Bertz CT molecular complexity index is 997. The molecule has 0 fully saturated rings. The van der Waals surface area contributed by atoms with Gasteiger partial charge >= 0.3 is 5.97 Å². The van der Waals surface area contributed by atoms with Crippen molar-refractivity contribution in [2.75, 3.05) is 6.61 Å². The van der Waals surface area contributed by atoms with Gasteiger partial charge in [-0.05, 0) is 37.3 Å². The predicted molar refractivity (Wildman–Crippen MR) is 113 cm³/mol. The molecule has 0 saturated carbocycles. The number of ether oxygens (including phenoxy) is 1. The van der Waals surface area contributed by atoms with Crippen molar-refractivity contribution in [3.05, 3.63) is 64.0 Å². The molecule has 2 aromatic heterocycles. The number of aromatic nitrogens is 1. The van der Waals surface area contributed by atoms with Crippen LogP contribution in [-0.4, -0.2) is 35.3 Å². The fourth-order valence-electron chi connectivity index (χ4n) is 2.67. The topological polar surface area (TPSA) is 85.4 Å². The van der Waals surface area contributed by atoms with E-state index >= 15 is 0 Å². The molecular weight excluding hydrogens is 408 g/mol. The summed E-state index contributed by atoms with van der Waals surface area (Å²) in [5, 5.41) is 5.32. The Hall–Kier alpha value is -2.84. The van der Waals surface area contributed by atoms with E-state index in [4.69, 9.17) is 4.74 Å². The summed E-state index contributed by atoms with van der Waals surface area (Å²) in [7, 11) is 0. The van der Waals surface area contributed by atoms with E-state index in [9.17, 15) is 14.4 Å². The number of thiazole rings is 1. The molecule has 0 radical (unpaired) electrons. The molecule has 1 aromatic carbocycles. The van der Waals surface area contributed by atoms with Crippen molar-refractivity contribution >= 4 is 40.3 Å². The summed E-state index contributed by atoms with van der Waals surface area (Å²) in [5.41, 5.74) is 1.50. The number of esters is 1. The molecule has 0 aliphatic heterocycles. The standard InChI is InChI=1S/C21H20N2O4S2/c1-13-19(29-20(22-13)17-9-6-10-28-17)21(26)27-12-18(25)23-16(14(2)24)11-15-7-4-3-5-8-15/h3-10,16H,11-12H2,1-2H3,(H,23,25). The third-order valence-electron chi connectivity index (χ3n) is 4.16. The van der Waals surface area contributed by atoms with E-state index in [-0.39, 0.29) is 5.78 Å². The van der Waals surface area contributed by atoms with Crippen molar-refractivity contribution in [3.8, 4) is 9.88 Å². The molecule has 1 unspecified atom stereocenters. The Kier molecular flexibility index (Phi) is 6.90. The van der Waals surface area contributed by atoms with E-state index < -0.39 is 24.5 Å². The molecule has 1 amide bonds. The van der Waals surface area contributed by atoms with Gasteiger partial charge in [-0.25, -0.2) is 9.78 Å². The van der Waals surface area contributed by atoms with Crippen molar-refractivity contribution in [3.63, 3.8) is 0 Å². The molecule has 1 atom stereocenters. The quantitative estimate of drug-likeness (QED) is 0.554. The molecule has 0 aliphatic rings. The molecule has 1 N–H and O–H groups in total. The Morgan fingerprint density at radius 3 is 2.55 bits per heavy atom. The summed E-state index contributed by atoms with van der Waals surface area (Å²) < 4.78 is 5.14. The van der Waals surface area contributed by atoms with Crippen LogP contribution >= 0.6 is 22.7 Å².